The second-order valence-corrected chi connectivity index (χ2v) is 4.82. The molecular weight excluding hydrogens is 319 g/mol. The summed E-state index contributed by atoms with van der Waals surface area (Å²) in [7, 11) is 0. The summed E-state index contributed by atoms with van der Waals surface area (Å²) in [5, 5.41) is 3.60. The lowest BCUT2D eigenvalue weighted by Crippen LogP contribution is -2.30. The summed E-state index contributed by atoms with van der Waals surface area (Å²) in [6.07, 6.45) is 0.425. The Bertz CT molecular complexity index is 560. The quantitative estimate of drug-likeness (QED) is 0.861. The molecule has 19 heavy (non-hydrogen) atoms. The van der Waals surface area contributed by atoms with Gasteiger partial charge in [0.1, 0.15) is 18.1 Å². The van der Waals surface area contributed by atoms with Crippen molar-refractivity contribution in [3.63, 3.8) is 0 Å². The van der Waals surface area contributed by atoms with Crippen LogP contribution >= 0.6 is 15.9 Å². The minimum absolute atomic E-state index is 0.136. The number of carbonyl (C=O) groups is 2. The molecule has 2 rings (SSSR count). The first-order valence-electron chi connectivity index (χ1n) is 5.52. The van der Waals surface area contributed by atoms with E-state index in [0.29, 0.717) is 4.47 Å². The van der Waals surface area contributed by atoms with E-state index in [0.717, 1.165) is 0 Å². The third-order valence-electron chi connectivity index (χ3n) is 2.51. The van der Waals surface area contributed by atoms with Gasteiger partial charge in [-0.3, -0.25) is 4.79 Å². The van der Waals surface area contributed by atoms with Crippen LogP contribution in [0.25, 0.3) is 0 Å². The average Bonchev–Trinajstić information content (AvgIpc) is 2.38. The van der Waals surface area contributed by atoms with Gasteiger partial charge in [-0.15, -0.1) is 0 Å². The summed E-state index contributed by atoms with van der Waals surface area (Å²) >= 11 is 3.14. The van der Waals surface area contributed by atoms with Gasteiger partial charge in [0.25, 0.3) is 0 Å². The van der Waals surface area contributed by atoms with Crippen molar-refractivity contribution < 1.29 is 18.7 Å². The zero-order chi connectivity index (χ0) is 13.8. The van der Waals surface area contributed by atoms with E-state index in [-0.39, 0.29) is 36.6 Å². The number of rotatable bonds is 3. The van der Waals surface area contributed by atoms with Crippen molar-refractivity contribution in [2.45, 2.75) is 19.4 Å². The highest BCUT2D eigenvalue weighted by Gasteiger charge is 2.19. The fourth-order valence-corrected chi connectivity index (χ4v) is 1.82. The van der Waals surface area contributed by atoms with Crippen LogP contribution in [0.1, 0.15) is 18.4 Å². The number of amides is 1. The molecule has 100 valence electrons. The standard InChI is InChI=1S/C12H10BrFN2O3/c13-8-2-1-7(9(14)5-8)6-19-12(18)10-3-4-11(17)16-15-10/h1-2,5H,3-4,6H2,(H,16,17). The van der Waals surface area contributed by atoms with Gasteiger partial charge in [0.2, 0.25) is 5.91 Å². The number of hydrogen-bond donors (Lipinski definition) is 1. The molecule has 5 nitrogen and oxygen atoms in total. The molecule has 0 saturated heterocycles. The molecule has 1 aliphatic heterocycles. The maximum atomic E-state index is 13.5. The van der Waals surface area contributed by atoms with Crippen molar-refractivity contribution in [1.29, 1.82) is 0 Å². The molecular formula is C12H10BrFN2O3. The lowest BCUT2D eigenvalue weighted by molar-refractivity contribution is -0.137. The molecule has 0 spiro atoms. The van der Waals surface area contributed by atoms with Crippen LogP contribution in [0.2, 0.25) is 0 Å². The Hall–Kier alpha value is -1.76. The van der Waals surface area contributed by atoms with Gasteiger partial charge in [-0.05, 0) is 12.1 Å². The molecule has 1 aromatic rings. The Morgan fingerprint density at radius 2 is 2.26 bits per heavy atom. The number of ether oxygens (including phenoxy) is 1. The van der Waals surface area contributed by atoms with Gasteiger partial charge in [0, 0.05) is 22.9 Å². The van der Waals surface area contributed by atoms with Gasteiger partial charge < -0.3 is 4.74 Å². The number of halogens is 2. The smallest absolute Gasteiger partial charge is 0.354 e. The Kier molecular flexibility index (Phi) is 4.26. The fraction of sp³-hybridized carbons (Fsp3) is 0.250. The summed E-state index contributed by atoms with van der Waals surface area (Å²) in [5.41, 5.74) is 2.61. The molecule has 1 aliphatic rings. The number of hydrogen-bond acceptors (Lipinski definition) is 4. The molecule has 0 bridgehead atoms. The highest BCUT2D eigenvalue weighted by atomic mass is 79.9. The summed E-state index contributed by atoms with van der Waals surface area (Å²) in [4.78, 5) is 22.5. The number of carbonyl (C=O) groups excluding carboxylic acids is 2. The highest BCUT2D eigenvalue weighted by molar-refractivity contribution is 9.10. The molecule has 0 fully saturated rings. The fourth-order valence-electron chi connectivity index (χ4n) is 1.49. The largest absolute Gasteiger partial charge is 0.456 e. The second-order valence-electron chi connectivity index (χ2n) is 3.91. The van der Waals surface area contributed by atoms with E-state index in [1.807, 2.05) is 0 Å². The molecule has 0 aliphatic carbocycles. The normalized spacial score (nSPS) is 14.6. The Labute approximate surface area is 117 Å². The van der Waals surface area contributed by atoms with Crippen molar-refractivity contribution >= 4 is 33.5 Å². The topological polar surface area (TPSA) is 67.8 Å². The zero-order valence-electron chi connectivity index (χ0n) is 9.78. The van der Waals surface area contributed by atoms with E-state index in [2.05, 4.69) is 26.5 Å². The van der Waals surface area contributed by atoms with Crippen molar-refractivity contribution in [2.24, 2.45) is 5.10 Å². The van der Waals surface area contributed by atoms with Crippen molar-refractivity contribution in [3.05, 3.63) is 34.1 Å². The molecule has 0 saturated carbocycles. The van der Waals surface area contributed by atoms with Crippen LogP contribution < -0.4 is 5.43 Å². The lowest BCUT2D eigenvalue weighted by atomic mass is 10.2. The van der Waals surface area contributed by atoms with Crippen LogP contribution in [0.15, 0.2) is 27.8 Å². The molecule has 7 heteroatoms. The Balaban J connectivity index is 1.95. The first-order chi connectivity index (χ1) is 9.06. The van der Waals surface area contributed by atoms with E-state index in [1.54, 1.807) is 6.07 Å². The van der Waals surface area contributed by atoms with Gasteiger partial charge in [-0.25, -0.2) is 14.6 Å². The van der Waals surface area contributed by atoms with E-state index in [9.17, 15) is 14.0 Å². The van der Waals surface area contributed by atoms with Crippen LogP contribution in [0, 0.1) is 5.82 Å². The number of benzene rings is 1. The summed E-state index contributed by atoms with van der Waals surface area (Å²) in [6, 6.07) is 4.48. The SMILES string of the molecule is O=C1CCC(C(=O)OCc2ccc(Br)cc2F)=NN1. The van der Waals surface area contributed by atoms with Crippen LogP contribution in [0.3, 0.4) is 0 Å². The Morgan fingerprint density at radius 3 is 2.89 bits per heavy atom. The predicted molar refractivity (Wildman–Crippen MR) is 68.7 cm³/mol. The number of hydrazone groups is 1. The van der Waals surface area contributed by atoms with Crippen molar-refractivity contribution in [1.82, 2.24) is 5.43 Å². The molecule has 1 aromatic carbocycles. The Morgan fingerprint density at radius 1 is 1.47 bits per heavy atom. The lowest BCUT2D eigenvalue weighted by Gasteiger charge is -2.11. The van der Waals surface area contributed by atoms with E-state index < -0.39 is 11.8 Å². The maximum Gasteiger partial charge on any atom is 0.354 e. The minimum atomic E-state index is -0.651. The van der Waals surface area contributed by atoms with Gasteiger partial charge in [-0.2, -0.15) is 5.10 Å². The van der Waals surface area contributed by atoms with E-state index >= 15 is 0 Å². The molecule has 1 amide bonds. The van der Waals surface area contributed by atoms with Gasteiger partial charge >= 0.3 is 5.97 Å². The molecule has 0 aromatic heterocycles. The molecule has 1 N–H and O–H groups in total. The van der Waals surface area contributed by atoms with Crippen LogP contribution in [-0.2, 0) is 20.9 Å². The third-order valence-corrected chi connectivity index (χ3v) is 3.01. The van der Waals surface area contributed by atoms with Crippen LogP contribution in [-0.4, -0.2) is 17.6 Å². The third kappa shape index (κ3) is 3.60. The minimum Gasteiger partial charge on any atom is -0.456 e. The van der Waals surface area contributed by atoms with Gasteiger partial charge in [-0.1, -0.05) is 22.0 Å². The number of esters is 1. The van der Waals surface area contributed by atoms with Crippen LogP contribution in [0.5, 0.6) is 0 Å². The van der Waals surface area contributed by atoms with Crippen LogP contribution in [0.4, 0.5) is 4.39 Å². The highest BCUT2D eigenvalue weighted by Crippen LogP contribution is 2.16. The van der Waals surface area contributed by atoms with Gasteiger partial charge in [0.15, 0.2) is 0 Å². The summed E-state index contributed by atoms with van der Waals surface area (Å²) in [6.45, 7) is -0.176. The first-order valence-corrected chi connectivity index (χ1v) is 6.32. The summed E-state index contributed by atoms with van der Waals surface area (Å²) < 4.78 is 19.0. The monoisotopic (exact) mass is 328 g/mol. The number of nitrogens with zero attached hydrogens (tertiary/aromatic N) is 1. The number of nitrogens with one attached hydrogen (secondary N) is 1. The van der Waals surface area contributed by atoms with Crippen molar-refractivity contribution in [3.8, 4) is 0 Å². The molecule has 0 unspecified atom stereocenters. The molecule has 0 atom stereocenters. The van der Waals surface area contributed by atoms with E-state index in [4.69, 9.17) is 4.74 Å². The zero-order valence-corrected chi connectivity index (χ0v) is 11.4. The predicted octanol–water partition coefficient (Wildman–Crippen LogP) is 1.90. The van der Waals surface area contributed by atoms with Crippen molar-refractivity contribution in [2.75, 3.05) is 0 Å². The summed E-state index contributed by atoms with van der Waals surface area (Å²) in [5.74, 6) is -1.35. The average molecular weight is 329 g/mol. The van der Waals surface area contributed by atoms with E-state index in [1.165, 1.54) is 12.1 Å². The van der Waals surface area contributed by atoms with Gasteiger partial charge in [0.05, 0.1) is 0 Å². The molecule has 0 radical (unpaired) electrons. The second kappa shape index (κ2) is 5.92. The first kappa shape index (κ1) is 13.7. The molecule has 1 heterocycles. The maximum absolute atomic E-state index is 13.5.